The van der Waals surface area contributed by atoms with Gasteiger partial charge in [-0.25, -0.2) is 9.18 Å². The molecule has 4 aliphatic carbocycles. The van der Waals surface area contributed by atoms with Gasteiger partial charge in [0.2, 0.25) is 11.7 Å². The summed E-state index contributed by atoms with van der Waals surface area (Å²) in [4.78, 5) is 61.4. The van der Waals surface area contributed by atoms with Gasteiger partial charge in [0.1, 0.15) is 6.04 Å². The van der Waals surface area contributed by atoms with Crippen LogP contribution in [-0.4, -0.2) is 81.5 Å². The number of hydrogen-bond donors (Lipinski definition) is 3. The number of alkyl halides is 1. The number of carboxylic acid groups (broad SMARTS) is 1. The first-order valence-electron chi connectivity index (χ1n) is 14.3. The van der Waals surface area contributed by atoms with E-state index in [0.717, 1.165) is 6.92 Å². The van der Waals surface area contributed by atoms with Crippen LogP contribution in [0, 0.1) is 22.7 Å². The van der Waals surface area contributed by atoms with Gasteiger partial charge >= 0.3 is 11.9 Å². The molecule has 1 heterocycles. The maximum Gasteiger partial charge on any atom is 0.326 e. The maximum absolute atomic E-state index is 17.5. The predicted molar refractivity (Wildman–Crippen MR) is 142 cm³/mol. The molecule has 9 atom stereocenters. The molecular weight excluding hydrogens is 553 g/mol. The molecule has 1 unspecified atom stereocenters. The van der Waals surface area contributed by atoms with Crippen LogP contribution in [0.1, 0.15) is 66.7 Å². The zero-order valence-electron chi connectivity index (χ0n) is 24.4. The lowest BCUT2D eigenvalue weighted by molar-refractivity contribution is -0.246. The van der Waals surface area contributed by atoms with Crippen molar-refractivity contribution in [2.24, 2.45) is 22.7 Å². The van der Waals surface area contributed by atoms with E-state index in [1.807, 2.05) is 0 Å². The first-order valence-corrected chi connectivity index (χ1v) is 14.3. The molecule has 0 bridgehead atoms. The van der Waals surface area contributed by atoms with E-state index in [4.69, 9.17) is 14.2 Å². The molecule has 5 aliphatic rings. The van der Waals surface area contributed by atoms with Crippen LogP contribution >= 0.6 is 0 Å². The zero-order valence-corrected chi connectivity index (χ0v) is 24.4. The Morgan fingerprint density at radius 3 is 2.52 bits per heavy atom. The molecule has 3 N–H and O–H groups in total. The summed E-state index contributed by atoms with van der Waals surface area (Å²) in [6.07, 6.45) is 2.26. The second-order valence-electron chi connectivity index (χ2n) is 13.2. The summed E-state index contributed by atoms with van der Waals surface area (Å²) in [5, 5.41) is 23.1. The minimum absolute atomic E-state index is 0.144. The molecule has 0 spiro atoms. The Kier molecular flexibility index (Phi) is 7.10. The van der Waals surface area contributed by atoms with Crippen LogP contribution in [0.2, 0.25) is 0 Å². The molecule has 1 saturated heterocycles. The van der Waals surface area contributed by atoms with E-state index in [2.05, 4.69) is 5.32 Å². The van der Waals surface area contributed by atoms with Crippen molar-refractivity contribution in [2.75, 3.05) is 6.61 Å². The number of ketones is 2. The van der Waals surface area contributed by atoms with Crippen molar-refractivity contribution in [1.82, 2.24) is 5.32 Å². The summed E-state index contributed by atoms with van der Waals surface area (Å²) in [5.74, 6) is -6.28. The Hall–Kier alpha value is -2.96. The molecule has 0 radical (unpaired) electrons. The second kappa shape index (κ2) is 9.78. The van der Waals surface area contributed by atoms with Gasteiger partial charge in [0, 0.05) is 23.7 Å². The third-order valence-electron chi connectivity index (χ3n) is 10.5. The Morgan fingerprint density at radius 1 is 1.19 bits per heavy atom. The lowest BCUT2D eigenvalue weighted by Gasteiger charge is -2.62. The van der Waals surface area contributed by atoms with E-state index in [1.165, 1.54) is 12.2 Å². The van der Waals surface area contributed by atoms with Crippen molar-refractivity contribution in [2.45, 2.75) is 102 Å². The molecule has 1 amide bonds. The van der Waals surface area contributed by atoms with Crippen molar-refractivity contribution in [1.29, 1.82) is 0 Å². The third kappa shape index (κ3) is 4.20. The molecule has 42 heavy (non-hydrogen) atoms. The molecule has 4 fully saturated rings. The number of rotatable bonds is 7. The molecule has 1 aliphatic heterocycles. The fraction of sp³-hybridized carbons (Fsp3) is 0.700. The SMILES string of the molecule is CC(=O)NC(CC(=O)OCC(=O)[C@@]12OC(C)(C)O[C@@H]1C[C@H]1[C@@H]3CCC4=CC(=O)C=C[C@]4(C)[C@@]3(F)[C@@H](O)C[C@@]12C)C(=O)O. The van der Waals surface area contributed by atoms with E-state index in [0.29, 0.717) is 18.4 Å². The van der Waals surface area contributed by atoms with Gasteiger partial charge in [0.05, 0.1) is 18.6 Å². The molecule has 5 rings (SSSR count). The van der Waals surface area contributed by atoms with Crippen molar-refractivity contribution < 1.29 is 52.8 Å². The highest BCUT2D eigenvalue weighted by atomic mass is 19.1. The molecule has 3 saturated carbocycles. The van der Waals surface area contributed by atoms with Crippen LogP contribution in [0.3, 0.4) is 0 Å². The third-order valence-corrected chi connectivity index (χ3v) is 10.5. The molecule has 0 aromatic rings. The van der Waals surface area contributed by atoms with Crippen LogP contribution < -0.4 is 5.32 Å². The van der Waals surface area contributed by atoms with Crippen LogP contribution in [-0.2, 0) is 38.2 Å². The van der Waals surface area contributed by atoms with Crippen molar-refractivity contribution >= 4 is 29.4 Å². The first-order chi connectivity index (χ1) is 19.4. The molecule has 11 nitrogen and oxygen atoms in total. The summed E-state index contributed by atoms with van der Waals surface area (Å²) in [6.45, 7) is 7.14. The van der Waals surface area contributed by atoms with E-state index in [9.17, 15) is 34.2 Å². The highest BCUT2D eigenvalue weighted by molar-refractivity contribution is 6.01. The van der Waals surface area contributed by atoms with Crippen molar-refractivity contribution in [3.05, 3.63) is 23.8 Å². The lowest BCUT2D eigenvalue weighted by atomic mass is 9.44. The van der Waals surface area contributed by atoms with Gasteiger partial charge in [-0.05, 0) is 64.5 Å². The number of amides is 1. The number of esters is 1. The Balaban J connectivity index is 1.44. The lowest BCUT2D eigenvalue weighted by Crippen LogP contribution is -2.70. The summed E-state index contributed by atoms with van der Waals surface area (Å²) >= 11 is 0. The monoisotopic (exact) mass is 591 g/mol. The fourth-order valence-electron chi connectivity index (χ4n) is 8.73. The normalized spacial score (nSPS) is 41.9. The van der Waals surface area contributed by atoms with Crippen LogP contribution in [0.4, 0.5) is 4.39 Å². The molecule has 0 aromatic heterocycles. The first kappa shape index (κ1) is 30.5. The van der Waals surface area contributed by atoms with Gasteiger partial charge in [-0.3, -0.25) is 19.2 Å². The maximum atomic E-state index is 17.5. The number of hydrogen-bond acceptors (Lipinski definition) is 9. The fourth-order valence-corrected chi connectivity index (χ4v) is 8.73. The number of Topliss-reactive ketones (excluding diaryl/α,β-unsaturated/α-hetero) is 1. The Labute approximate surface area is 242 Å². The number of nitrogens with one attached hydrogen (secondary N) is 1. The molecular formula is C30H38FNO10. The Morgan fingerprint density at radius 2 is 1.88 bits per heavy atom. The number of halogens is 1. The number of allylic oxidation sites excluding steroid dienone is 4. The standard InChI is InChI=1S/C30H38FNO10/c1-15(33)32-20(25(38)39)12-24(37)40-14-22(36)30-23(41-26(2,3)42-30)11-19-18-7-6-16-10-17(34)8-9-27(16,4)29(18,31)21(35)13-28(19,30)5/h8-10,18-21,23,35H,6-7,11-14H2,1-5H3,(H,32,33)(H,38,39)/t18-,19-,20?,21-,23+,27-,28-,29-,30+/m0/s1. The predicted octanol–water partition coefficient (Wildman–Crippen LogP) is 1.95. The summed E-state index contributed by atoms with van der Waals surface area (Å²) < 4.78 is 35.3. The molecule has 0 aromatic carbocycles. The smallest absolute Gasteiger partial charge is 0.326 e. The van der Waals surface area contributed by atoms with E-state index >= 15 is 4.39 Å². The number of carbonyl (C=O) groups excluding carboxylic acids is 4. The van der Waals surface area contributed by atoms with Crippen molar-refractivity contribution in [3.63, 3.8) is 0 Å². The summed E-state index contributed by atoms with van der Waals surface area (Å²) in [6, 6.07) is -1.53. The van der Waals surface area contributed by atoms with E-state index in [-0.39, 0.29) is 18.6 Å². The minimum atomic E-state index is -2.11. The number of aliphatic hydroxyl groups is 1. The minimum Gasteiger partial charge on any atom is -0.480 e. The number of fused-ring (bicyclic) bond motifs is 7. The molecule has 12 heteroatoms. The number of ether oxygens (including phenoxy) is 3. The summed E-state index contributed by atoms with van der Waals surface area (Å²) in [7, 11) is 0. The number of aliphatic hydroxyl groups excluding tert-OH is 1. The number of carboxylic acids is 1. The van der Waals surface area contributed by atoms with Gasteiger partial charge in [-0.15, -0.1) is 0 Å². The van der Waals surface area contributed by atoms with Gasteiger partial charge < -0.3 is 29.7 Å². The van der Waals surface area contributed by atoms with E-state index < -0.39 is 94.6 Å². The van der Waals surface area contributed by atoms with Crippen LogP contribution in [0.5, 0.6) is 0 Å². The average Bonchev–Trinajstić information content (AvgIpc) is 3.29. The second-order valence-corrected chi connectivity index (χ2v) is 13.2. The summed E-state index contributed by atoms with van der Waals surface area (Å²) in [5.41, 5.74) is -5.47. The van der Waals surface area contributed by atoms with Crippen molar-refractivity contribution in [3.8, 4) is 0 Å². The van der Waals surface area contributed by atoms with E-state index in [1.54, 1.807) is 33.8 Å². The zero-order chi connectivity index (χ0) is 31.0. The van der Waals surface area contributed by atoms with Gasteiger partial charge in [0.25, 0.3) is 0 Å². The topological polar surface area (TPSA) is 166 Å². The average molecular weight is 592 g/mol. The van der Waals surface area contributed by atoms with Gasteiger partial charge in [-0.2, -0.15) is 0 Å². The highest BCUT2D eigenvalue weighted by Gasteiger charge is 2.80. The largest absolute Gasteiger partial charge is 0.480 e. The van der Waals surface area contributed by atoms with Gasteiger partial charge in [0.15, 0.2) is 29.4 Å². The highest BCUT2D eigenvalue weighted by Crippen LogP contribution is 2.72. The van der Waals surface area contributed by atoms with Crippen LogP contribution in [0.25, 0.3) is 0 Å². The number of aliphatic carboxylic acids is 1. The Bertz CT molecular complexity index is 1310. The van der Waals surface area contributed by atoms with Crippen LogP contribution in [0.15, 0.2) is 23.8 Å². The quantitative estimate of drug-likeness (QED) is 0.373. The molecule has 230 valence electrons. The van der Waals surface area contributed by atoms with Gasteiger partial charge in [-0.1, -0.05) is 18.6 Å². The number of carbonyl (C=O) groups is 5.